The molecule has 2 aromatic rings. The van der Waals surface area contributed by atoms with Crippen molar-refractivity contribution >= 4 is 0 Å². The summed E-state index contributed by atoms with van der Waals surface area (Å²) in [7, 11) is 1.65. The molecule has 0 amide bonds. The largest absolute Gasteiger partial charge is 0.496 e. The second-order valence-corrected chi connectivity index (χ2v) is 5.52. The molecule has 5 heteroatoms. The molecule has 0 aliphatic carbocycles. The van der Waals surface area contributed by atoms with Gasteiger partial charge in [0.15, 0.2) is 5.82 Å². The molecule has 5 nitrogen and oxygen atoms in total. The fourth-order valence-electron chi connectivity index (χ4n) is 2.03. The number of hydrogen-bond donors (Lipinski definition) is 1. The first-order chi connectivity index (χ1) is 9.44. The van der Waals surface area contributed by atoms with Crippen molar-refractivity contribution < 1.29 is 9.26 Å². The van der Waals surface area contributed by atoms with Gasteiger partial charge in [0, 0.05) is 12.3 Å². The summed E-state index contributed by atoms with van der Waals surface area (Å²) in [5.41, 5.74) is 6.69. The van der Waals surface area contributed by atoms with Crippen molar-refractivity contribution in [2.75, 3.05) is 7.11 Å². The van der Waals surface area contributed by atoms with Crippen LogP contribution in [0.3, 0.4) is 0 Å². The van der Waals surface area contributed by atoms with Crippen LogP contribution >= 0.6 is 0 Å². The lowest BCUT2D eigenvalue weighted by Crippen LogP contribution is -2.37. The molecule has 108 valence electrons. The quantitative estimate of drug-likeness (QED) is 0.908. The van der Waals surface area contributed by atoms with Gasteiger partial charge in [-0.3, -0.25) is 0 Å². The number of ether oxygens (including phenoxy) is 1. The van der Waals surface area contributed by atoms with Crippen molar-refractivity contribution in [1.82, 2.24) is 10.1 Å². The molecule has 1 atom stereocenters. The number of hydrogen-bond acceptors (Lipinski definition) is 5. The van der Waals surface area contributed by atoms with Gasteiger partial charge in [0.2, 0.25) is 5.89 Å². The molecule has 1 heterocycles. The molecule has 0 fully saturated rings. The van der Waals surface area contributed by atoms with Gasteiger partial charge >= 0.3 is 0 Å². The van der Waals surface area contributed by atoms with Crippen LogP contribution in [0.4, 0.5) is 0 Å². The number of aromatic nitrogens is 2. The first kappa shape index (κ1) is 14.5. The Morgan fingerprint density at radius 2 is 2.05 bits per heavy atom. The molecule has 0 aliphatic rings. The predicted molar refractivity (Wildman–Crippen MR) is 76.6 cm³/mol. The fourth-order valence-corrected chi connectivity index (χ4v) is 2.03. The van der Waals surface area contributed by atoms with E-state index in [0.717, 1.165) is 11.3 Å². The Balaban J connectivity index is 2.25. The lowest BCUT2D eigenvalue weighted by atomic mass is 9.92. The van der Waals surface area contributed by atoms with Crippen molar-refractivity contribution in [3.05, 3.63) is 41.5 Å². The number of methoxy groups -OCH3 is 1. The summed E-state index contributed by atoms with van der Waals surface area (Å²) in [4.78, 5) is 4.39. The molecular weight excluding hydrogens is 254 g/mol. The van der Waals surface area contributed by atoms with E-state index in [1.165, 1.54) is 0 Å². The van der Waals surface area contributed by atoms with Crippen LogP contribution in [0.25, 0.3) is 0 Å². The zero-order valence-corrected chi connectivity index (χ0v) is 12.4. The number of nitrogens with two attached hydrogens (primary N) is 1. The highest BCUT2D eigenvalue weighted by Gasteiger charge is 2.29. The SMILES string of the molecule is COc1ccccc1CC(C)(N)c1noc(C(C)C)n1. The summed E-state index contributed by atoms with van der Waals surface area (Å²) < 4.78 is 10.6. The molecule has 2 N–H and O–H groups in total. The summed E-state index contributed by atoms with van der Waals surface area (Å²) >= 11 is 0. The van der Waals surface area contributed by atoms with Crippen LogP contribution in [-0.2, 0) is 12.0 Å². The van der Waals surface area contributed by atoms with Gasteiger partial charge < -0.3 is 15.0 Å². The van der Waals surface area contributed by atoms with Gasteiger partial charge in [-0.1, -0.05) is 37.2 Å². The molecule has 1 unspecified atom stereocenters. The van der Waals surface area contributed by atoms with E-state index in [1.807, 2.05) is 45.0 Å². The minimum Gasteiger partial charge on any atom is -0.496 e. The average Bonchev–Trinajstić information content (AvgIpc) is 2.89. The van der Waals surface area contributed by atoms with Crippen molar-refractivity contribution in [2.45, 2.75) is 38.6 Å². The highest BCUT2D eigenvalue weighted by Crippen LogP contribution is 2.27. The minimum absolute atomic E-state index is 0.193. The molecule has 0 radical (unpaired) electrons. The molecule has 0 saturated heterocycles. The van der Waals surface area contributed by atoms with Gasteiger partial charge in [-0.25, -0.2) is 0 Å². The normalized spacial score (nSPS) is 14.3. The summed E-state index contributed by atoms with van der Waals surface area (Å²) in [5.74, 6) is 2.14. The highest BCUT2D eigenvalue weighted by molar-refractivity contribution is 5.35. The zero-order valence-electron chi connectivity index (χ0n) is 12.4. The molecule has 20 heavy (non-hydrogen) atoms. The van der Waals surface area contributed by atoms with Crippen LogP contribution in [-0.4, -0.2) is 17.3 Å². The third-order valence-electron chi connectivity index (χ3n) is 3.20. The van der Waals surface area contributed by atoms with Gasteiger partial charge in [-0.15, -0.1) is 0 Å². The van der Waals surface area contributed by atoms with Crippen LogP contribution in [0.2, 0.25) is 0 Å². The van der Waals surface area contributed by atoms with Crippen molar-refractivity contribution in [1.29, 1.82) is 0 Å². The lowest BCUT2D eigenvalue weighted by Gasteiger charge is -2.21. The maximum Gasteiger partial charge on any atom is 0.229 e. The number of nitrogens with zero attached hydrogens (tertiary/aromatic N) is 2. The van der Waals surface area contributed by atoms with E-state index in [4.69, 9.17) is 15.0 Å². The van der Waals surface area contributed by atoms with E-state index in [0.29, 0.717) is 18.1 Å². The fraction of sp³-hybridized carbons (Fsp3) is 0.467. The molecule has 0 spiro atoms. The number of rotatable bonds is 5. The molecule has 0 saturated carbocycles. The Kier molecular flexibility index (Phi) is 4.09. The first-order valence-corrected chi connectivity index (χ1v) is 6.69. The van der Waals surface area contributed by atoms with Gasteiger partial charge in [0.1, 0.15) is 5.75 Å². The van der Waals surface area contributed by atoms with Crippen LogP contribution in [0.15, 0.2) is 28.8 Å². The Morgan fingerprint density at radius 1 is 1.35 bits per heavy atom. The second-order valence-electron chi connectivity index (χ2n) is 5.52. The molecule has 1 aromatic carbocycles. The van der Waals surface area contributed by atoms with Gasteiger partial charge in [0.25, 0.3) is 0 Å². The maximum absolute atomic E-state index is 6.37. The molecule has 0 aliphatic heterocycles. The Morgan fingerprint density at radius 3 is 2.65 bits per heavy atom. The van der Waals surface area contributed by atoms with E-state index in [1.54, 1.807) is 7.11 Å². The third-order valence-corrected chi connectivity index (χ3v) is 3.20. The monoisotopic (exact) mass is 275 g/mol. The van der Waals surface area contributed by atoms with E-state index in [2.05, 4.69) is 10.1 Å². The van der Waals surface area contributed by atoms with Gasteiger partial charge in [-0.2, -0.15) is 4.98 Å². The Hall–Kier alpha value is -1.88. The van der Waals surface area contributed by atoms with E-state index in [-0.39, 0.29) is 5.92 Å². The Labute approximate surface area is 119 Å². The van der Waals surface area contributed by atoms with E-state index < -0.39 is 5.54 Å². The number of benzene rings is 1. The molecule has 0 bridgehead atoms. The second kappa shape index (κ2) is 5.63. The standard InChI is InChI=1S/C15H21N3O2/c1-10(2)13-17-14(18-20-13)15(3,16)9-11-7-5-6-8-12(11)19-4/h5-8,10H,9,16H2,1-4H3. The van der Waals surface area contributed by atoms with Crippen LogP contribution < -0.4 is 10.5 Å². The first-order valence-electron chi connectivity index (χ1n) is 6.69. The van der Waals surface area contributed by atoms with Crippen molar-refractivity contribution in [2.24, 2.45) is 5.73 Å². The van der Waals surface area contributed by atoms with Crippen molar-refractivity contribution in [3.63, 3.8) is 0 Å². The average molecular weight is 275 g/mol. The van der Waals surface area contributed by atoms with Gasteiger partial charge in [0.05, 0.1) is 12.6 Å². The lowest BCUT2D eigenvalue weighted by molar-refractivity contribution is 0.343. The molecule has 2 rings (SSSR count). The third kappa shape index (κ3) is 2.99. The predicted octanol–water partition coefficient (Wildman–Crippen LogP) is 2.62. The maximum atomic E-state index is 6.37. The molecular formula is C15H21N3O2. The zero-order chi connectivity index (χ0) is 14.8. The minimum atomic E-state index is -0.703. The van der Waals surface area contributed by atoms with Crippen molar-refractivity contribution in [3.8, 4) is 5.75 Å². The topological polar surface area (TPSA) is 74.2 Å². The number of para-hydroxylation sites is 1. The van der Waals surface area contributed by atoms with Crippen LogP contribution in [0, 0.1) is 0 Å². The van der Waals surface area contributed by atoms with Gasteiger partial charge in [-0.05, 0) is 18.6 Å². The Bertz CT molecular complexity index is 576. The van der Waals surface area contributed by atoms with E-state index in [9.17, 15) is 0 Å². The summed E-state index contributed by atoms with van der Waals surface area (Å²) in [6.45, 7) is 5.91. The summed E-state index contributed by atoms with van der Waals surface area (Å²) in [6, 6.07) is 7.81. The summed E-state index contributed by atoms with van der Waals surface area (Å²) in [5, 5.41) is 4.01. The van der Waals surface area contributed by atoms with Crippen LogP contribution in [0.5, 0.6) is 5.75 Å². The summed E-state index contributed by atoms with van der Waals surface area (Å²) in [6.07, 6.45) is 0.577. The smallest absolute Gasteiger partial charge is 0.229 e. The van der Waals surface area contributed by atoms with Crippen LogP contribution in [0.1, 0.15) is 44.0 Å². The molecule has 1 aromatic heterocycles. The van der Waals surface area contributed by atoms with E-state index >= 15 is 0 Å². The highest BCUT2D eigenvalue weighted by atomic mass is 16.5.